The van der Waals surface area contributed by atoms with Gasteiger partial charge in [0.1, 0.15) is 0 Å². The molecular formula is C52H33N3SSi. The van der Waals surface area contributed by atoms with Gasteiger partial charge in [-0.25, -0.2) is 9.97 Å². The Morgan fingerprint density at radius 1 is 0.421 bits per heavy atom. The van der Waals surface area contributed by atoms with E-state index >= 15 is 0 Å². The Balaban J connectivity index is 1.08. The molecule has 5 heteroatoms. The van der Waals surface area contributed by atoms with Crippen LogP contribution in [-0.4, -0.2) is 22.6 Å². The first-order chi connectivity index (χ1) is 28.3. The molecule has 0 aliphatic carbocycles. The predicted molar refractivity (Wildman–Crippen MR) is 243 cm³/mol. The van der Waals surface area contributed by atoms with Crippen LogP contribution in [0.5, 0.6) is 0 Å². The van der Waals surface area contributed by atoms with Gasteiger partial charge >= 0.3 is 0 Å². The molecule has 0 fully saturated rings. The highest BCUT2D eigenvalue weighted by molar-refractivity contribution is 7.26. The molecule has 266 valence electrons. The second-order valence-electron chi connectivity index (χ2n) is 14.9. The molecule has 1 aliphatic heterocycles. The zero-order valence-electron chi connectivity index (χ0n) is 30.8. The summed E-state index contributed by atoms with van der Waals surface area (Å²) < 4.78 is 5.05. The molecule has 0 saturated heterocycles. The zero-order chi connectivity index (χ0) is 37.5. The molecule has 0 bridgehead atoms. The lowest BCUT2D eigenvalue weighted by Crippen LogP contribution is -2.73. The molecule has 0 N–H and O–H groups in total. The molecule has 3 aromatic heterocycles. The number of benzene rings is 8. The lowest BCUT2D eigenvalue weighted by molar-refractivity contribution is 1.17. The number of hydrogen-bond acceptors (Lipinski definition) is 3. The first-order valence-corrected chi connectivity index (χ1v) is 22.2. The maximum absolute atomic E-state index is 5.58. The van der Waals surface area contributed by atoms with Crippen LogP contribution in [-0.2, 0) is 0 Å². The van der Waals surface area contributed by atoms with Crippen LogP contribution in [0.25, 0.3) is 81.6 Å². The second kappa shape index (κ2) is 12.5. The van der Waals surface area contributed by atoms with Crippen LogP contribution in [0.2, 0.25) is 0 Å². The summed E-state index contributed by atoms with van der Waals surface area (Å²) in [6, 6.07) is 73.0. The SMILES string of the molecule is c1ccc(-c2nc(-c3ccc(-n4c5ccccc5c5cc6sc7ccccc7c6cc54)cc3)nc3c2[Si](c2ccccc2)(c2ccccc2)c2ccccc2-3)cc1. The third-order valence-electron chi connectivity index (χ3n) is 11.9. The maximum Gasteiger partial charge on any atom is 0.185 e. The number of nitrogens with zero attached hydrogens (tertiary/aromatic N) is 3. The molecule has 0 spiro atoms. The molecule has 57 heavy (non-hydrogen) atoms. The van der Waals surface area contributed by atoms with Gasteiger partial charge in [0.25, 0.3) is 0 Å². The monoisotopic (exact) mass is 759 g/mol. The van der Waals surface area contributed by atoms with Crippen molar-refractivity contribution in [1.29, 1.82) is 0 Å². The number of fused-ring (bicyclic) bond motifs is 9. The van der Waals surface area contributed by atoms with E-state index in [0.29, 0.717) is 0 Å². The van der Waals surface area contributed by atoms with Gasteiger partial charge in [-0.1, -0.05) is 152 Å². The van der Waals surface area contributed by atoms with Gasteiger partial charge in [-0.05, 0) is 64.1 Å². The maximum atomic E-state index is 5.58. The van der Waals surface area contributed by atoms with Crippen molar-refractivity contribution < 1.29 is 0 Å². The van der Waals surface area contributed by atoms with Crippen molar-refractivity contribution in [3.05, 3.63) is 200 Å². The van der Waals surface area contributed by atoms with Crippen molar-refractivity contribution in [3.8, 4) is 39.6 Å². The Morgan fingerprint density at radius 3 is 1.79 bits per heavy atom. The minimum absolute atomic E-state index is 0.730. The molecule has 11 aromatic rings. The lowest BCUT2D eigenvalue weighted by atomic mass is 10.1. The van der Waals surface area contributed by atoms with Crippen LogP contribution in [0.4, 0.5) is 0 Å². The number of rotatable bonds is 5. The summed E-state index contributed by atoms with van der Waals surface area (Å²) in [6.07, 6.45) is 0. The van der Waals surface area contributed by atoms with Gasteiger partial charge in [0.05, 0.1) is 22.4 Å². The Bertz CT molecular complexity index is 3300. The lowest BCUT2D eigenvalue weighted by Gasteiger charge is -2.32. The average molecular weight is 760 g/mol. The Labute approximate surface area is 334 Å². The van der Waals surface area contributed by atoms with Gasteiger partial charge in [-0.3, -0.25) is 0 Å². The standard InChI is InChI=1S/C52H33N3SSi/c1-4-16-34(17-5-1)49-51-50(41-24-12-15-27-48(41)57(51,37-18-6-2-7-19-37)38-20-8-3-9-21-38)54-52(53-49)35-28-30-36(31-29-35)55-44-25-13-10-22-39(44)42-33-47-43(32-45(42)55)40-23-11-14-26-46(40)56-47/h1-33H. The highest BCUT2D eigenvalue weighted by Gasteiger charge is 2.51. The number of para-hydroxylation sites is 1. The van der Waals surface area contributed by atoms with Crippen LogP contribution in [0.1, 0.15) is 0 Å². The molecular weight excluding hydrogens is 727 g/mol. The van der Waals surface area contributed by atoms with Crippen molar-refractivity contribution in [2.75, 3.05) is 0 Å². The Kier molecular flexibility index (Phi) is 7.12. The summed E-state index contributed by atoms with van der Waals surface area (Å²) in [4.78, 5) is 11.1. The van der Waals surface area contributed by atoms with Crippen molar-refractivity contribution in [2.45, 2.75) is 0 Å². The summed E-state index contributed by atoms with van der Waals surface area (Å²) in [7, 11) is -2.83. The molecule has 8 aromatic carbocycles. The fourth-order valence-electron chi connectivity index (χ4n) is 9.46. The van der Waals surface area contributed by atoms with E-state index in [-0.39, 0.29) is 0 Å². The highest BCUT2D eigenvalue weighted by atomic mass is 32.1. The summed E-state index contributed by atoms with van der Waals surface area (Å²) in [5, 5.41) is 10.4. The van der Waals surface area contributed by atoms with E-state index in [1.807, 2.05) is 11.3 Å². The number of aromatic nitrogens is 3. The molecule has 12 rings (SSSR count). The molecule has 0 unspecified atom stereocenters. The summed E-state index contributed by atoms with van der Waals surface area (Å²) in [5.41, 5.74) is 8.84. The predicted octanol–water partition coefficient (Wildman–Crippen LogP) is 10.6. The van der Waals surface area contributed by atoms with Crippen LogP contribution in [0.15, 0.2) is 200 Å². The van der Waals surface area contributed by atoms with Gasteiger partial charge in [-0.15, -0.1) is 11.3 Å². The first kappa shape index (κ1) is 32.3. The largest absolute Gasteiger partial charge is 0.309 e. The fourth-order valence-corrected chi connectivity index (χ4v) is 15.8. The average Bonchev–Trinajstić information content (AvgIpc) is 3.92. The smallest absolute Gasteiger partial charge is 0.185 e. The van der Waals surface area contributed by atoms with Gasteiger partial charge in [0.2, 0.25) is 0 Å². The molecule has 3 nitrogen and oxygen atoms in total. The number of thiophene rings is 1. The minimum atomic E-state index is -2.83. The van der Waals surface area contributed by atoms with E-state index in [9.17, 15) is 0 Å². The Hall–Kier alpha value is -6.92. The molecule has 4 heterocycles. The topological polar surface area (TPSA) is 30.7 Å². The molecule has 0 saturated carbocycles. The third-order valence-corrected chi connectivity index (χ3v) is 17.9. The summed E-state index contributed by atoms with van der Waals surface area (Å²) in [6.45, 7) is 0. The van der Waals surface area contributed by atoms with Crippen molar-refractivity contribution in [1.82, 2.24) is 14.5 Å². The van der Waals surface area contributed by atoms with E-state index in [1.54, 1.807) is 0 Å². The highest BCUT2D eigenvalue weighted by Crippen LogP contribution is 2.41. The minimum Gasteiger partial charge on any atom is -0.309 e. The van der Waals surface area contributed by atoms with E-state index < -0.39 is 8.07 Å². The fraction of sp³-hybridized carbons (Fsp3) is 0. The van der Waals surface area contributed by atoms with Crippen LogP contribution >= 0.6 is 11.3 Å². The normalized spacial score (nSPS) is 13.1. The summed E-state index contributed by atoms with van der Waals surface area (Å²) >= 11 is 1.87. The van der Waals surface area contributed by atoms with Crippen molar-refractivity contribution >= 4 is 82.1 Å². The van der Waals surface area contributed by atoms with Crippen LogP contribution < -0.4 is 20.7 Å². The van der Waals surface area contributed by atoms with Gasteiger partial charge < -0.3 is 4.57 Å². The third kappa shape index (κ3) is 4.70. The second-order valence-corrected chi connectivity index (χ2v) is 19.7. The number of hydrogen-bond donors (Lipinski definition) is 0. The molecule has 1 aliphatic rings. The van der Waals surface area contributed by atoms with Crippen LogP contribution in [0.3, 0.4) is 0 Å². The van der Waals surface area contributed by atoms with Crippen molar-refractivity contribution in [3.63, 3.8) is 0 Å². The van der Waals surface area contributed by atoms with E-state index in [1.165, 1.54) is 68.3 Å². The van der Waals surface area contributed by atoms with Gasteiger partial charge in [0, 0.05) is 58.5 Å². The Morgan fingerprint density at radius 2 is 1.04 bits per heavy atom. The van der Waals surface area contributed by atoms with E-state index in [0.717, 1.165) is 34.0 Å². The summed E-state index contributed by atoms with van der Waals surface area (Å²) in [5.74, 6) is 0.730. The molecule has 0 radical (unpaired) electrons. The van der Waals surface area contributed by atoms with Gasteiger partial charge in [0.15, 0.2) is 13.9 Å². The zero-order valence-corrected chi connectivity index (χ0v) is 32.6. The van der Waals surface area contributed by atoms with Crippen LogP contribution in [0, 0.1) is 0 Å². The van der Waals surface area contributed by atoms with E-state index in [2.05, 4.69) is 205 Å². The molecule has 0 atom stereocenters. The van der Waals surface area contributed by atoms with E-state index in [4.69, 9.17) is 9.97 Å². The van der Waals surface area contributed by atoms with Crippen molar-refractivity contribution in [2.24, 2.45) is 0 Å². The van der Waals surface area contributed by atoms with Gasteiger partial charge in [-0.2, -0.15) is 0 Å². The quantitative estimate of drug-likeness (QED) is 0.164. The molecule has 0 amide bonds. The first-order valence-electron chi connectivity index (χ1n) is 19.4.